The van der Waals surface area contributed by atoms with Crippen LogP contribution in [0.15, 0.2) is 29.3 Å². The quantitative estimate of drug-likeness (QED) is 0.414. The van der Waals surface area contributed by atoms with Crippen LogP contribution in [0.2, 0.25) is 0 Å². The molecular weight excluding hydrogens is 376 g/mol. The SMILES string of the molecule is [C-]#[N+]c1c(N)nc(SCC2COC2)c(C#N)c1-c1ccc(OCCOC)cc1. The Balaban J connectivity index is 1.94. The summed E-state index contributed by atoms with van der Waals surface area (Å²) in [6, 6.07) is 9.46. The number of benzene rings is 1. The molecule has 0 aliphatic carbocycles. The number of thioether (sulfide) groups is 1. The molecule has 0 radical (unpaired) electrons. The largest absolute Gasteiger partial charge is 0.491 e. The maximum atomic E-state index is 9.80. The monoisotopic (exact) mass is 396 g/mol. The number of anilines is 1. The lowest BCUT2D eigenvalue weighted by Crippen LogP contribution is -2.29. The first-order valence-corrected chi connectivity index (χ1v) is 9.70. The molecule has 0 amide bonds. The minimum absolute atomic E-state index is 0.136. The van der Waals surface area contributed by atoms with E-state index in [9.17, 15) is 5.26 Å². The molecule has 1 aliphatic rings. The van der Waals surface area contributed by atoms with Gasteiger partial charge >= 0.3 is 0 Å². The van der Waals surface area contributed by atoms with Crippen molar-refractivity contribution in [1.29, 1.82) is 5.26 Å². The van der Waals surface area contributed by atoms with Crippen LogP contribution in [0.1, 0.15) is 5.56 Å². The molecule has 1 saturated heterocycles. The Hall–Kier alpha value is -2.78. The molecule has 7 nitrogen and oxygen atoms in total. The molecule has 3 rings (SSSR count). The van der Waals surface area contributed by atoms with Crippen molar-refractivity contribution in [3.05, 3.63) is 41.2 Å². The second-order valence-electron chi connectivity index (χ2n) is 6.20. The number of hydrogen-bond donors (Lipinski definition) is 1. The van der Waals surface area contributed by atoms with E-state index in [1.165, 1.54) is 11.8 Å². The van der Waals surface area contributed by atoms with Crippen molar-refractivity contribution in [2.45, 2.75) is 5.03 Å². The summed E-state index contributed by atoms with van der Waals surface area (Å²) < 4.78 is 15.7. The first kappa shape index (κ1) is 20.0. The highest BCUT2D eigenvalue weighted by Crippen LogP contribution is 2.42. The van der Waals surface area contributed by atoms with Crippen LogP contribution < -0.4 is 10.5 Å². The zero-order valence-corrected chi connectivity index (χ0v) is 16.3. The van der Waals surface area contributed by atoms with Gasteiger partial charge in [0.1, 0.15) is 29.3 Å². The van der Waals surface area contributed by atoms with Gasteiger partial charge in [0, 0.05) is 24.3 Å². The van der Waals surface area contributed by atoms with Crippen molar-refractivity contribution in [3.63, 3.8) is 0 Å². The van der Waals surface area contributed by atoms with Crippen LogP contribution in [0.25, 0.3) is 16.0 Å². The molecule has 0 atom stereocenters. The number of nitriles is 1. The third kappa shape index (κ3) is 4.37. The number of nitrogens with two attached hydrogens (primary N) is 1. The lowest BCUT2D eigenvalue weighted by molar-refractivity contribution is -0.0196. The molecule has 1 aromatic carbocycles. The average molecular weight is 396 g/mol. The normalized spacial score (nSPS) is 13.4. The van der Waals surface area contributed by atoms with Gasteiger partial charge in [0.05, 0.1) is 32.0 Å². The number of pyridine rings is 1. The van der Waals surface area contributed by atoms with E-state index in [4.69, 9.17) is 26.5 Å². The van der Waals surface area contributed by atoms with Gasteiger partial charge in [0.15, 0.2) is 0 Å². The summed E-state index contributed by atoms with van der Waals surface area (Å²) in [5, 5.41) is 10.3. The predicted molar refractivity (Wildman–Crippen MR) is 107 cm³/mol. The van der Waals surface area contributed by atoms with Crippen molar-refractivity contribution >= 4 is 23.3 Å². The number of rotatable bonds is 8. The molecule has 8 heteroatoms. The highest BCUT2D eigenvalue weighted by atomic mass is 32.2. The Bertz CT molecular complexity index is 915. The van der Waals surface area contributed by atoms with Crippen LogP contribution in [-0.2, 0) is 9.47 Å². The van der Waals surface area contributed by atoms with Crippen molar-refractivity contribution in [1.82, 2.24) is 4.98 Å². The molecule has 1 aromatic heterocycles. The van der Waals surface area contributed by atoms with Crippen molar-refractivity contribution in [2.75, 3.05) is 45.0 Å². The first-order chi connectivity index (χ1) is 13.7. The van der Waals surface area contributed by atoms with Gasteiger partial charge in [0.2, 0.25) is 5.69 Å². The summed E-state index contributed by atoms with van der Waals surface area (Å²) in [5.74, 6) is 2.07. The van der Waals surface area contributed by atoms with Crippen LogP contribution in [-0.4, -0.2) is 44.3 Å². The van der Waals surface area contributed by atoms with E-state index >= 15 is 0 Å². The van der Waals surface area contributed by atoms with Crippen molar-refractivity contribution in [2.24, 2.45) is 5.92 Å². The minimum Gasteiger partial charge on any atom is -0.491 e. The molecule has 2 N–H and O–H groups in total. The molecule has 0 unspecified atom stereocenters. The van der Waals surface area contributed by atoms with Crippen LogP contribution in [0.3, 0.4) is 0 Å². The van der Waals surface area contributed by atoms with Gasteiger partial charge in [0.25, 0.3) is 0 Å². The fraction of sp³-hybridized carbons (Fsp3) is 0.350. The van der Waals surface area contributed by atoms with Gasteiger partial charge < -0.3 is 19.9 Å². The Morgan fingerprint density at radius 1 is 1.36 bits per heavy atom. The number of ether oxygens (including phenoxy) is 3. The number of methoxy groups -OCH3 is 1. The highest BCUT2D eigenvalue weighted by Gasteiger charge is 2.23. The fourth-order valence-electron chi connectivity index (χ4n) is 2.71. The molecule has 2 aromatic rings. The zero-order chi connectivity index (χ0) is 19.9. The Morgan fingerprint density at radius 3 is 2.68 bits per heavy atom. The van der Waals surface area contributed by atoms with Crippen LogP contribution in [0.5, 0.6) is 5.75 Å². The summed E-state index contributed by atoms with van der Waals surface area (Å²) >= 11 is 1.48. The maximum Gasteiger partial charge on any atom is 0.236 e. The smallest absolute Gasteiger partial charge is 0.236 e. The van der Waals surface area contributed by atoms with Gasteiger partial charge in [-0.3, -0.25) is 0 Å². The highest BCUT2D eigenvalue weighted by molar-refractivity contribution is 7.99. The van der Waals surface area contributed by atoms with E-state index in [2.05, 4.69) is 15.9 Å². The summed E-state index contributed by atoms with van der Waals surface area (Å²) in [6.45, 7) is 9.90. The third-order valence-corrected chi connectivity index (χ3v) is 5.46. The number of nitrogen functional groups attached to an aromatic ring is 1. The van der Waals surface area contributed by atoms with Gasteiger partial charge in [-0.25, -0.2) is 9.83 Å². The van der Waals surface area contributed by atoms with E-state index in [1.54, 1.807) is 19.2 Å². The van der Waals surface area contributed by atoms with Crippen LogP contribution in [0, 0.1) is 23.8 Å². The Morgan fingerprint density at radius 2 is 2.11 bits per heavy atom. The molecule has 0 saturated carbocycles. The van der Waals surface area contributed by atoms with Gasteiger partial charge in [-0.15, -0.1) is 11.8 Å². The molecular formula is C20H20N4O3S. The van der Waals surface area contributed by atoms with Crippen molar-refractivity contribution < 1.29 is 14.2 Å². The van der Waals surface area contributed by atoms with E-state index in [1.807, 2.05) is 12.1 Å². The molecule has 2 heterocycles. The Kier molecular flexibility index (Phi) is 6.72. The fourth-order valence-corrected chi connectivity index (χ4v) is 3.75. The number of aromatic nitrogens is 1. The van der Waals surface area contributed by atoms with Crippen LogP contribution >= 0.6 is 11.8 Å². The molecule has 144 valence electrons. The lowest BCUT2D eigenvalue weighted by Gasteiger charge is -2.25. The van der Waals surface area contributed by atoms with Gasteiger partial charge in [-0.2, -0.15) is 5.26 Å². The molecule has 28 heavy (non-hydrogen) atoms. The molecule has 0 bridgehead atoms. The number of nitrogens with zero attached hydrogens (tertiary/aromatic N) is 3. The Labute approximate surface area is 168 Å². The molecule has 1 aliphatic heterocycles. The van der Waals surface area contributed by atoms with E-state index in [0.29, 0.717) is 41.0 Å². The van der Waals surface area contributed by atoms with E-state index in [-0.39, 0.29) is 11.5 Å². The van der Waals surface area contributed by atoms with Crippen LogP contribution in [0.4, 0.5) is 11.5 Å². The second kappa shape index (κ2) is 9.43. The molecule has 0 spiro atoms. The maximum absolute atomic E-state index is 9.80. The number of hydrogen-bond acceptors (Lipinski definition) is 7. The predicted octanol–water partition coefficient (Wildman–Crippen LogP) is 3.52. The standard InChI is InChI=1S/C20H20N4O3S/c1-23-18-17(14-3-5-15(6-4-14)27-8-7-25-2)16(9-21)20(24-19(18)22)28-12-13-10-26-11-13/h3-6,13H,7-8,10-12H2,2H3,(H2,22,24). The van der Waals surface area contributed by atoms with Gasteiger partial charge in [-0.05, 0) is 17.7 Å². The topological polar surface area (TPSA) is 94.8 Å². The zero-order valence-electron chi connectivity index (χ0n) is 15.5. The summed E-state index contributed by atoms with van der Waals surface area (Å²) in [5.41, 5.74) is 7.86. The van der Waals surface area contributed by atoms with Crippen molar-refractivity contribution in [3.8, 4) is 22.9 Å². The summed E-state index contributed by atoms with van der Waals surface area (Å²) in [7, 11) is 1.61. The van der Waals surface area contributed by atoms with E-state index in [0.717, 1.165) is 24.5 Å². The average Bonchev–Trinajstić information content (AvgIpc) is 2.67. The second-order valence-corrected chi connectivity index (χ2v) is 7.21. The summed E-state index contributed by atoms with van der Waals surface area (Å²) in [4.78, 5) is 7.86. The molecule has 1 fully saturated rings. The minimum atomic E-state index is 0.136. The lowest BCUT2D eigenvalue weighted by atomic mass is 10.00. The first-order valence-electron chi connectivity index (χ1n) is 8.71. The van der Waals surface area contributed by atoms with Gasteiger partial charge in [-0.1, -0.05) is 12.1 Å². The van der Waals surface area contributed by atoms with E-state index < -0.39 is 0 Å². The summed E-state index contributed by atoms with van der Waals surface area (Å²) in [6.07, 6.45) is 0. The third-order valence-electron chi connectivity index (χ3n) is 4.25.